The van der Waals surface area contributed by atoms with Crippen molar-refractivity contribution in [3.05, 3.63) is 77.7 Å². The van der Waals surface area contributed by atoms with Crippen LogP contribution >= 0.6 is 23.1 Å². The maximum absolute atomic E-state index is 13.8. The number of hydrogen-bond acceptors (Lipinski definition) is 4. The lowest BCUT2D eigenvalue weighted by Crippen LogP contribution is -1.89. The Morgan fingerprint density at radius 2 is 1.75 bits per heavy atom. The number of thioether (sulfide) groups is 1. The van der Waals surface area contributed by atoms with Gasteiger partial charge in [-0.1, -0.05) is 48.5 Å². The van der Waals surface area contributed by atoms with Crippen LogP contribution in [-0.4, -0.2) is 9.97 Å². The number of fused-ring (bicyclic) bond motifs is 1. The third-order valence-corrected chi connectivity index (χ3v) is 5.67. The molecule has 0 atom stereocenters. The third kappa shape index (κ3) is 2.92. The summed E-state index contributed by atoms with van der Waals surface area (Å²) in [5.41, 5.74) is 2.96. The monoisotopic (exact) mass is 352 g/mol. The van der Waals surface area contributed by atoms with E-state index in [2.05, 4.69) is 27.5 Å². The molecule has 2 aromatic heterocycles. The summed E-state index contributed by atoms with van der Waals surface area (Å²) in [5.74, 6) is 0.368. The zero-order valence-electron chi connectivity index (χ0n) is 12.6. The SMILES string of the molecule is Fc1ccccc1CSc1ncnc2scc(-c3ccccc3)c12. The Morgan fingerprint density at radius 1 is 0.958 bits per heavy atom. The van der Waals surface area contributed by atoms with Crippen LogP contribution in [0, 0.1) is 5.82 Å². The molecule has 0 radical (unpaired) electrons. The predicted molar refractivity (Wildman–Crippen MR) is 98.8 cm³/mol. The van der Waals surface area contributed by atoms with Gasteiger partial charge in [-0.15, -0.1) is 23.1 Å². The summed E-state index contributed by atoms with van der Waals surface area (Å²) in [6.07, 6.45) is 1.58. The first-order valence-electron chi connectivity index (χ1n) is 7.47. The highest BCUT2D eigenvalue weighted by molar-refractivity contribution is 7.98. The Hall–Kier alpha value is -2.24. The van der Waals surface area contributed by atoms with Crippen molar-refractivity contribution < 1.29 is 4.39 Å². The number of thiophene rings is 1. The van der Waals surface area contributed by atoms with E-state index in [0.29, 0.717) is 11.3 Å². The summed E-state index contributed by atoms with van der Waals surface area (Å²) in [6.45, 7) is 0. The van der Waals surface area contributed by atoms with E-state index >= 15 is 0 Å². The number of aromatic nitrogens is 2. The molecule has 0 aliphatic carbocycles. The van der Waals surface area contributed by atoms with Crippen molar-refractivity contribution >= 4 is 33.3 Å². The van der Waals surface area contributed by atoms with E-state index in [0.717, 1.165) is 26.4 Å². The molecule has 0 spiro atoms. The maximum Gasteiger partial charge on any atom is 0.128 e. The second kappa shape index (κ2) is 6.71. The van der Waals surface area contributed by atoms with Crippen LogP contribution in [0.2, 0.25) is 0 Å². The minimum absolute atomic E-state index is 0.177. The highest BCUT2D eigenvalue weighted by Gasteiger charge is 2.14. The van der Waals surface area contributed by atoms with Crippen LogP contribution < -0.4 is 0 Å². The fourth-order valence-electron chi connectivity index (χ4n) is 2.55. The minimum atomic E-state index is -0.177. The van der Waals surface area contributed by atoms with Gasteiger partial charge in [0.2, 0.25) is 0 Å². The lowest BCUT2D eigenvalue weighted by Gasteiger charge is -2.06. The molecule has 2 heterocycles. The first kappa shape index (κ1) is 15.3. The number of benzene rings is 2. The Labute approximate surface area is 147 Å². The van der Waals surface area contributed by atoms with Crippen molar-refractivity contribution in [2.45, 2.75) is 10.8 Å². The molecule has 4 rings (SSSR count). The van der Waals surface area contributed by atoms with Crippen LogP contribution in [0.3, 0.4) is 0 Å². The molecule has 0 saturated carbocycles. The van der Waals surface area contributed by atoms with Gasteiger partial charge in [0.1, 0.15) is 22.0 Å². The van der Waals surface area contributed by atoms with Gasteiger partial charge in [-0.25, -0.2) is 14.4 Å². The molecule has 118 valence electrons. The lowest BCUT2D eigenvalue weighted by atomic mass is 10.1. The highest BCUT2D eigenvalue weighted by atomic mass is 32.2. The number of nitrogens with zero attached hydrogens (tertiary/aromatic N) is 2. The molecule has 0 amide bonds. The summed E-state index contributed by atoms with van der Waals surface area (Å²) >= 11 is 3.16. The van der Waals surface area contributed by atoms with Crippen molar-refractivity contribution in [1.82, 2.24) is 9.97 Å². The molecule has 0 bridgehead atoms. The molecule has 0 fully saturated rings. The molecule has 24 heavy (non-hydrogen) atoms. The van der Waals surface area contributed by atoms with E-state index in [1.54, 1.807) is 35.5 Å². The Bertz CT molecular complexity index is 983. The van der Waals surface area contributed by atoms with Gasteiger partial charge >= 0.3 is 0 Å². The molecule has 0 unspecified atom stereocenters. The van der Waals surface area contributed by atoms with Crippen LogP contribution in [0.1, 0.15) is 5.56 Å². The van der Waals surface area contributed by atoms with E-state index in [-0.39, 0.29) is 5.82 Å². The Balaban J connectivity index is 1.73. The van der Waals surface area contributed by atoms with Gasteiger partial charge in [0.25, 0.3) is 0 Å². The average molecular weight is 352 g/mol. The predicted octanol–water partition coefficient (Wildman–Crippen LogP) is 5.79. The van der Waals surface area contributed by atoms with Crippen LogP contribution in [0.15, 0.2) is 71.3 Å². The molecular weight excluding hydrogens is 339 g/mol. The Morgan fingerprint density at radius 3 is 2.58 bits per heavy atom. The Kier molecular flexibility index (Phi) is 4.28. The van der Waals surface area contributed by atoms with Gasteiger partial charge in [-0.3, -0.25) is 0 Å². The molecule has 0 N–H and O–H groups in total. The molecule has 0 saturated heterocycles. The van der Waals surface area contributed by atoms with Crippen LogP contribution in [0.4, 0.5) is 4.39 Å². The minimum Gasteiger partial charge on any atom is -0.229 e. The van der Waals surface area contributed by atoms with Crippen LogP contribution in [-0.2, 0) is 5.75 Å². The number of rotatable bonds is 4. The van der Waals surface area contributed by atoms with Gasteiger partial charge in [0.15, 0.2) is 0 Å². The number of halogens is 1. The molecule has 2 aromatic carbocycles. The van der Waals surface area contributed by atoms with Crippen molar-refractivity contribution in [2.24, 2.45) is 0 Å². The van der Waals surface area contributed by atoms with E-state index in [1.165, 1.54) is 6.07 Å². The standard InChI is InChI=1S/C19H13FN2S2/c20-16-9-5-4-8-14(16)10-23-18-17-15(13-6-2-1-3-7-13)11-24-19(17)22-12-21-18/h1-9,11-12H,10H2. The van der Waals surface area contributed by atoms with Crippen molar-refractivity contribution in [3.8, 4) is 11.1 Å². The fourth-order valence-corrected chi connectivity index (χ4v) is 4.53. The molecule has 4 aromatic rings. The fraction of sp³-hybridized carbons (Fsp3) is 0.0526. The topological polar surface area (TPSA) is 25.8 Å². The normalized spacial score (nSPS) is 11.0. The molecule has 5 heteroatoms. The number of hydrogen-bond donors (Lipinski definition) is 0. The zero-order valence-corrected chi connectivity index (χ0v) is 14.3. The van der Waals surface area contributed by atoms with E-state index < -0.39 is 0 Å². The van der Waals surface area contributed by atoms with Crippen molar-refractivity contribution in [2.75, 3.05) is 0 Å². The van der Waals surface area contributed by atoms with Gasteiger partial charge in [0, 0.05) is 16.7 Å². The summed E-state index contributed by atoms with van der Waals surface area (Å²) in [7, 11) is 0. The van der Waals surface area contributed by atoms with Gasteiger partial charge in [0.05, 0.1) is 5.39 Å². The largest absolute Gasteiger partial charge is 0.229 e. The maximum atomic E-state index is 13.8. The van der Waals surface area contributed by atoms with Crippen molar-refractivity contribution in [3.63, 3.8) is 0 Å². The van der Waals surface area contributed by atoms with E-state index in [4.69, 9.17) is 0 Å². The van der Waals surface area contributed by atoms with Gasteiger partial charge in [-0.2, -0.15) is 0 Å². The molecule has 0 aliphatic heterocycles. The second-order valence-corrected chi connectivity index (χ2v) is 7.08. The third-order valence-electron chi connectivity index (χ3n) is 3.74. The van der Waals surface area contributed by atoms with Crippen LogP contribution in [0.5, 0.6) is 0 Å². The van der Waals surface area contributed by atoms with Crippen LogP contribution in [0.25, 0.3) is 21.3 Å². The average Bonchev–Trinajstić information content (AvgIpc) is 3.06. The highest BCUT2D eigenvalue weighted by Crippen LogP contribution is 2.38. The first-order valence-corrected chi connectivity index (χ1v) is 9.33. The second-order valence-electron chi connectivity index (χ2n) is 5.25. The molecular formula is C19H13FN2S2. The molecule has 0 aliphatic rings. The summed E-state index contributed by atoms with van der Waals surface area (Å²) in [5, 5.41) is 4.06. The zero-order chi connectivity index (χ0) is 16.4. The first-order chi connectivity index (χ1) is 11.8. The van der Waals surface area contributed by atoms with Crippen molar-refractivity contribution in [1.29, 1.82) is 0 Å². The quantitative estimate of drug-likeness (QED) is 0.343. The van der Waals surface area contributed by atoms with E-state index in [1.807, 2.05) is 30.3 Å². The molecule has 2 nitrogen and oxygen atoms in total. The van der Waals surface area contributed by atoms with Gasteiger partial charge in [-0.05, 0) is 17.2 Å². The smallest absolute Gasteiger partial charge is 0.128 e. The summed E-state index contributed by atoms with van der Waals surface area (Å²) in [4.78, 5) is 9.78. The summed E-state index contributed by atoms with van der Waals surface area (Å²) in [6, 6.07) is 17.1. The lowest BCUT2D eigenvalue weighted by molar-refractivity contribution is 0.617. The van der Waals surface area contributed by atoms with Gasteiger partial charge < -0.3 is 0 Å². The summed E-state index contributed by atoms with van der Waals surface area (Å²) < 4.78 is 13.8. The van der Waals surface area contributed by atoms with E-state index in [9.17, 15) is 4.39 Å².